The van der Waals surface area contributed by atoms with Crippen molar-refractivity contribution in [1.29, 1.82) is 0 Å². The Kier molecular flexibility index (Phi) is 6.76. The Morgan fingerprint density at radius 1 is 0.909 bits per heavy atom. The van der Waals surface area contributed by atoms with Crippen LogP contribution in [0.1, 0.15) is 36.0 Å². The number of aryl methyl sites for hydroxylation is 1. The van der Waals surface area contributed by atoms with Crippen LogP contribution in [0.15, 0.2) is 54.6 Å². The maximum atomic E-state index is 13.4. The van der Waals surface area contributed by atoms with Crippen LogP contribution in [-0.4, -0.2) is 53.7 Å². The van der Waals surface area contributed by atoms with Gasteiger partial charge in [-0.25, -0.2) is 4.39 Å². The van der Waals surface area contributed by atoms with Crippen LogP contribution in [0.2, 0.25) is 5.02 Å². The van der Waals surface area contributed by atoms with Crippen LogP contribution in [0.3, 0.4) is 0 Å². The Morgan fingerprint density at radius 2 is 1.55 bits per heavy atom. The molecule has 0 spiro atoms. The molecule has 6 nitrogen and oxygen atoms in total. The molecule has 0 atom stereocenters. The molecule has 1 fully saturated rings. The number of hydrogen-bond donors (Lipinski definition) is 1. The van der Waals surface area contributed by atoms with Crippen molar-refractivity contribution in [2.75, 3.05) is 31.5 Å². The van der Waals surface area contributed by atoms with E-state index in [4.69, 9.17) is 11.6 Å². The van der Waals surface area contributed by atoms with Gasteiger partial charge in [-0.3, -0.25) is 14.4 Å². The first-order chi connectivity index (χ1) is 15.8. The normalized spacial score (nSPS) is 13.7. The van der Waals surface area contributed by atoms with Gasteiger partial charge in [0.1, 0.15) is 5.82 Å². The second kappa shape index (κ2) is 9.72. The van der Waals surface area contributed by atoms with Gasteiger partial charge in [0, 0.05) is 42.3 Å². The minimum atomic E-state index is -0.492. The van der Waals surface area contributed by atoms with Crippen molar-refractivity contribution in [3.63, 3.8) is 0 Å². The highest BCUT2D eigenvalue weighted by Crippen LogP contribution is 2.29. The molecule has 1 aliphatic rings. The van der Waals surface area contributed by atoms with Crippen LogP contribution in [0.25, 0.3) is 0 Å². The molecular weight excluding hydrogens is 465 g/mol. The molecule has 0 saturated carbocycles. The standard InChI is InChI=1S/C24H21ClFN3O3S/c1-15-12-20(27-22(30)16-4-3-7-19(26)14-16)33-21(15)24(32)29-10-8-28(9-11-29)23(31)17-5-2-6-18(25)13-17/h2-7,12-14H,8-11H2,1H3,(H,27,30). The fraction of sp³-hybridized carbons (Fsp3) is 0.208. The minimum absolute atomic E-state index is 0.112. The number of piperazine rings is 1. The number of nitrogens with zero attached hydrogens (tertiary/aromatic N) is 2. The quantitative estimate of drug-likeness (QED) is 0.582. The lowest BCUT2D eigenvalue weighted by atomic mass is 10.1. The summed E-state index contributed by atoms with van der Waals surface area (Å²) in [5, 5.41) is 3.74. The number of anilines is 1. The van der Waals surface area contributed by atoms with Crippen molar-refractivity contribution in [3.8, 4) is 0 Å². The van der Waals surface area contributed by atoms with Gasteiger partial charge >= 0.3 is 0 Å². The number of halogens is 2. The zero-order valence-electron chi connectivity index (χ0n) is 17.8. The van der Waals surface area contributed by atoms with Crippen LogP contribution in [0.4, 0.5) is 9.39 Å². The van der Waals surface area contributed by atoms with Crippen LogP contribution >= 0.6 is 22.9 Å². The predicted octanol–water partition coefficient (Wildman–Crippen LogP) is 4.70. The summed E-state index contributed by atoms with van der Waals surface area (Å²) in [6.45, 7) is 3.47. The van der Waals surface area contributed by atoms with Crippen molar-refractivity contribution in [3.05, 3.63) is 87.0 Å². The Bertz CT molecular complexity index is 1220. The highest BCUT2D eigenvalue weighted by atomic mass is 35.5. The number of amides is 3. The predicted molar refractivity (Wildman–Crippen MR) is 127 cm³/mol. The first-order valence-corrected chi connectivity index (χ1v) is 11.5. The van der Waals surface area contributed by atoms with E-state index in [1.807, 2.05) is 0 Å². The van der Waals surface area contributed by atoms with Gasteiger partial charge in [-0.1, -0.05) is 23.7 Å². The van der Waals surface area contributed by atoms with E-state index in [0.29, 0.717) is 46.6 Å². The van der Waals surface area contributed by atoms with Gasteiger partial charge in [-0.2, -0.15) is 0 Å². The maximum Gasteiger partial charge on any atom is 0.264 e. The van der Waals surface area contributed by atoms with Crippen molar-refractivity contribution in [1.82, 2.24) is 9.80 Å². The van der Waals surface area contributed by atoms with Gasteiger partial charge in [0.05, 0.1) is 9.88 Å². The number of rotatable bonds is 4. The average molecular weight is 486 g/mol. The topological polar surface area (TPSA) is 69.7 Å². The number of nitrogens with one attached hydrogen (secondary N) is 1. The molecule has 2 aromatic carbocycles. The number of benzene rings is 2. The third kappa shape index (κ3) is 5.23. The molecule has 0 aliphatic carbocycles. The van der Waals surface area contributed by atoms with Crippen LogP contribution in [0.5, 0.6) is 0 Å². The maximum absolute atomic E-state index is 13.4. The monoisotopic (exact) mass is 485 g/mol. The summed E-state index contributed by atoms with van der Waals surface area (Å²) >= 11 is 7.17. The van der Waals surface area contributed by atoms with E-state index < -0.39 is 11.7 Å². The molecule has 0 unspecified atom stereocenters. The van der Waals surface area contributed by atoms with Gasteiger partial charge in [0.2, 0.25) is 0 Å². The Hall–Kier alpha value is -3.23. The number of carbonyl (C=O) groups is 3. The highest BCUT2D eigenvalue weighted by molar-refractivity contribution is 7.18. The molecule has 9 heteroatoms. The molecule has 2 heterocycles. The fourth-order valence-corrected chi connectivity index (χ4v) is 4.86. The largest absolute Gasteiger partial charge is 0.335 e. The zero-order chi connectivity index (χ0) is 23.5. The zero-order valence-corrected chi connectivity index (χ0v) is 19.4. The summed E-state index contributed by atoms with van der Waals surface area (Å²) in [6, 6.07) is 14.0. The summed E-state index contributed by atoms with van der Waals surface area (Å²) in [5.41, 5.74) is 1.47. The van der Waals surface area contributed by atoms with Gasteiger partial charge in [0.15, 0.2) is 0 Å². The second-order valence-electron chi connectivity index (χ2n) is 7.68. The summed E-state index contributed by atoms with van der Waals surface area (Å²) in [6.07, 6.45) is 0. The first kappa shape index (κ1) is 22.9. The van der Waals surface area contributed by atoms with E-state index in [1.165, 1.54) is 29.5 Å². The molecule has 1 N–H and O–H groups in total. The lowest BCUT2D eigenvalue weighted by Crippen LogP contribution is -2.50. The minimum Gasteiger partial charge on any atom is -0.335 e. The first-order valence-electron chi connectivity index (χ1n) is 10.3. The molecule has 1 aliphatic heterocycles. The number of hydrogen-bond acceptors (Lipinski definition) is 4. The van der Waals surface area contributed by atoms with E-state index in [9.17, 15) is 18.8 Å². The molecule has 1 saturated heterocycles. The molecule has 3 amide bonds. The SMILES string of the molecule is Cc1cc(NC(=O)c2cccc(F)c2)sc1C(=O)N1CCN(C(=O)c2cccc(Cl)c2)CC1. The van der Waals surface area contributed by atoms with Gasteiger partial charge in [-0.05, 0) is 55.0 Å². The summed E-state index contributed by atoms with van der Waals surface area (Å²) < 4.78 is 13.4. The Morgan fingerprint density at radius 3 is 2.21 bits per heavy atom. The third-order valence-corrected chi connectivity index (χ3v) is 6.74. The molecule has 0 radical (unpaired) electrons. The summed E-state index contributed by atoms with van der Waals surface area (Å²) in [4.78, 5) is 42.1. The van der Waals surface area contributed by atoms with E-state index in [-0.39, 0.29) is 17.4 Å². The molecule has 3 aromatic rings. The van der Waals surface area contributed by atoms with Crippen molar-refractivity contribution in [2.24, 2.45) is 0 Å². The average Bonchev–Trinajstić information content (AvgIpc) is 3.18. The number of carbonyl (C=O) groups excluding carboxylic acids is 3. The second-order valence-corrected chi connectivity index (χ2v) is 9.17. The van der Waals surface area contributed by atoms with E-state index in [0.717, 1.165) is 11.6 Å². The van der Waals surface area contributed by atoms with Crippen LogP contribution < -0.4 is 5.32 Å². The Labute approximate surface area is 199 Å². The fourth-order valence-electron chi connectivity index (χ4n) is 3.63. The summed E-state index contributed by atoms with van der Waals surface area (Å²) in [7, 11) is 0. The lowest BCUT2D eigenvalue weighted by Gasteiger charge is -2.34. The van der Waals surface area contributed by atoms with E-state index in [1.54, 1.807) is 47.1 Å². The van der Waals surface area contributed by atoms with Gasteiger partial charge in [0.25, 0.3) is 17.7 Å². The molecule has 0 bridgehead atoms. The van der Waals surface area contributed by atoms with Gasteiger partial charge in [-0.15, -0.1) is 11.3 Å². The van der Waals surface area contributed by atoms with Crippen molar-refractivity contribution in [2.45, 2.75) is 6.92 Å². The molecular formula is C24H21ClFN3O3S. The van der Waals surface area contributed by atoms with Gasteiger partial charge < -0.3 is 15.1 Å². The van der Waals surface area contributed by atoms with E-state index in [2.05, 4.69) is 5.32 Å². The lowest BCUT2D eigenvalue weighted by molar-refractivity contribution is 0.0537. The van der Waals surface area contributed by atoms with Crippen LogP contribution in [0, 0.1) is 12.7 Å². The van der Waals surface area contributed by atoms with Crippen molar-refractivity contribution >= 4 is 45.7 Å². The van der Waals surface area contributed by atoms with Crippen molar-refractivity contribution < 1.29 is 18.8 Å². The highest BCUT2D eigenvalue weighted by Gasteiger charge is 2.27. The summed E-state index contributed by atoms with van der Waals surface area (Å²) in [5.74, 6) is -1.19. The van der Waals surface area contributed by atoms with Crippen LogP contribution in [-0.2, 0) is 0 Å². The Balaban J connectivity index is 1.38. The third-order valence-electron chi connectivity index (χ3n) is 5.36. The molecule has 1 aromatic heterocycles. The molecule has 4 rings (SSSR count). The number of thiophene rings is 1. The molecule has 33 heavy (non-hydrogen) atoms. The molecule has 170 valence electrons. The van der Waals surface area contributed by atoms with E-state index >= 15 is 0 Å². The smallest absolute Gasteiger partial charge is 0.264 e.